The molecular formula is C29H18ClFN4O. The lowest BCUT2D eigenvalue weighted by molar-refractivity contribution is 0.628. The van der Waals surface area contributed by atoms with Gasteiger partial charge in [0.15, 0.2) is 11.2 Å². The highest BCUT2D eigenvalue weighted by atomic mass is 35.5. The topological polar surface area (TPSA) is 63.6 Å². The van der Waals surface area contributed by atoms with Crippen LogP contribution in [0.4, 0.5) is 4.39 Å². The zero-order valence-corrected chi connectivity index (χ0v) is 19.6. The summed E-state index contributed by atoms with van der Waals surface area (Å²) in [4.78, 5) is 25.5. The second-order valence-corrected chi connectivity index (χ2v) is 8.72. The Hall–Kier alpha value is -4.55. The fourth-order valence-corrected chi connectivity index (χ4v) is 4.33. The summed E-state index contributed by atoms with van der Waals surface area (Å²) in [5.41, 5.74) is 4.34. The summed E-state index contributed by atoms with van der Waals surface area (Å²) in [7, 11) is 0. The molecule has 1 N–H and O–H groups in total. The van der Waals surface area contributed by atoms with E-state index in [2.05, 4.69) is 9.97 Å². The van der Waals surface area contributed by atoms with Crippen molar-refractivity contribution in [2.75, 3.05) is 0 Å². The summed E-state index contributed by atoms with van der Waals surface area (Å²) >= 11 is 6.09. The molecule has 0 aliphatic heterocycles. The van der Waals surface area contributed by atoms with Crippen LogP contribution in [0.1, 0.15) is 0 Å². The average Bonchev–Trinajstić information content (AvgIpc) is 3.30. The molecule has 2 aromatic heterocycles. The summed E-state index contributed by atoms with van der Waals surface area (Å²) in [6.07, 6.45) is 0. The summed E-state index contributed by atoms with van der Waals surface area (Å²) in [6.45, 7) is 0. The fraction of sp³-hybridized carbons (Fsp3) is 0. The molecule has 0 aliphatic carbocycles. The Balaban J connectivity index is 1.52. The molecule has 5 nitrogen and oxygen atoms in total. The van der Waals surface area contributed by atoms with Gasteiger partial charge >= 0.3 is 0 Å². The number of rotatable bonds is 4. The van der Waals surface area contributed by atoms with Crippen molar-refractivity contribution in [1.29, 1.82) is 0 Å². The van der Waals surface area contributed by atoms with Gasteiger partial charge in [0.05, 0.1) is 0 Å². The number of hydrogen-bond acceptors (Lipinski definition) is 3. The third-order valence-corrected chi connectivity index (χ3v) is 6.20. The van der Waals surface area contributed by atoms with E-state index < -0.39 is 0 Å². The van der Waals surface area contributed by atoms with E-state index in [0.29, 0.717) is 22.3 Å². The van der Waals surface area contributed by atoms with Crippen LogP contribution >= 0.6 is 11.6 Å². The van der Waals surface area contributed by atoms with Crippen LogP contribution in [-0.2, 0) is 0 Å². The second-order valence-electron chi connectivity index (χ2n) is 8.29. The Morgan fingerprint density at radius 3 is 2.14 bits per heavy atom. The number of fused-ring (bicyclic) bond motifs is 1. The summed E-state index contributed by atoms with van der Waals surface area (Å²) in [6, 6.07) is 30.8. The van der Waals surface area contributed by atoms with E-state index >= 15 is 0 Å². The van der Waals surface area contributed by atoms with E-state index in [1.165, 1.54) is 12.1 Å². The Morgan fingerprint density at radius 2 is 1.42 bits per heavy atom. The monoisotopic (exact) mass is 492 g/mol. The third-order valence-electron chi connectivity index (χ3n) is 5.95. The van der Waals surface area contributed by atoms with E-state index in [0.717, 1.165) is 27.9 Å². The molecule has 0 radical (unpaired) electrons. The normalized spacial score (nSPS) is 11.2. The van der Waals surface area contributed by atoms with Crippen molar-refractivity contribution in [3.63, 3.8) is 0 Å². The lowest BCUT2D eigenvalue weighted by Gasteiger charge is -2.10. The Labute approximate surface area is 210 Å². The van der Waals surface area contributed by atoms with E-state index in [-0.39, 0.29) is 16.9 Å². The van der Waals surface area contributed by atoms with E-state index in [9.17, 15) is 9.18 Å². The molecule has 0 unspecified atom stereocenters. The largest absolute Gasteiger partial charge is 0.305 e. The van der Waals surface area contributed by atoms with Gasteiger partial charge in [-0.05, 0) is 59.7 Å². The van der Waals surface area contributed by atoms with Crippen molar-refractivity contribution in [2.45, 2.75) is 0 Å². The lowest BCUT2D eigenvalue weighted by atomic mass is 10.0. The number of aromatic nitrogens is 4. The van der Waals surface area contributed by atoms with Crippen molar-refractivity contribution in [3.8, 4) is 39.6 Å². The third kappa shape index (κ3) is 3.97. The molecule has 0 aliphatic rings. The number of para-hydroxylation sites is 1. The Bertz CT molecular complexity index is 1760. The smallest absolute Gasteiger partial charge is 0.279 e. The van der Waals surface area contributed by atoms with E-state index in [1.54, 1.807) is 18.2 Å². The van der Waals surface area contributed by atoms with E-state index in [1.807, 2.05) is 77.4 Å². The number of nitrogens with one attached hydrogen (secondary N) is 1. The highest BCUT2D eigenvalue weighted by molar-refractivity contribution is 6.30. The molecule has 4 aromatic carbocycles. The van der Waals surface area contributed by atoms with Crippen LogP contribution in [0, 0.1) is 5.82 Å². The number of imidazole rings is 1. The molecule has 0 spiro atoms. The molecule has 6 rings (SSSR count). The van der Waals surface area contributed by atoms with Gasteiger partial charge in [-0.25, -0.2) is 14.4 Å². The van der Waals surface area contributed by atoms with Crippen LogP contribution in [0.2, 0.25) is 5.02 Å². The van der Waals surface area contributed by atoms with Gasteiger partial charge in [-0.15, -0.1) is 0 Å². The minimum absolute atomic E-state index is 0.240. The maximum Gasteiger partial charge on any atom is 0.279 e. The zero-order chi connectivity index (χ0) is 24.6. The number of benzene rings is 4. The molecule has 174 valence electrons. The maximum absolute atomic E-state index is 13.6. The number of halogens is 2. The SMILES string of the molecule is O=c1[nH]c(-c2ccc(-c3cccc(F)c3)cc2)nc2c1nc(-c1ccc(Cl)cc1)n2-c1ccccc1. The van der Waals surface area contributed by atoms with Gasteiger partial charge in [0, 0.05) is 21.8 Å². The van der Waals surface area contributed by atoms with Gasteiger partial charge in [0.1, 0.15) is 17.5 Å². The maximum atomic E-state index is 13.6. The van der Waals surface area contributed by atoms with Gasteiger partial charge < -0.3 is 4.98 Å². The quantitative estimate of drug-likeness (QED) is 0.291. The Kier molecular flexibility index (Phi) is 5.43. The summed E-state index contributed by atoms with van der Waals surface area (Å²) in [5.74, 6) is 0.709. The van der Waals surface area contributed by atoms with Crippen LogP contribution in [-0.4, -0.2) is 19.5 Å². The number of aromatic amines is 1. The molecule has 0 atom stereocenters. The molecule has 0 saturated carbocycles. The zero-order valence-electron chi connectivity index (χ0n) is 18.8. The lowest BCUT2D eigenvalue weighted by Crippen LogP contribution is -2.10. The minimum atomic E-state index is -0.339. The first-order valence-electron chi connectivity index (χ1n) is 11.3. The number of nitrogens with zero attached hydrogens (tertiary/aromatic N) is 3. The molecule has 2 heterocycles. The predicted octanol–water partition coefficient (Wildman–Crippen LogP) is 6.90. The number of H-pyrrole nitrogens is 1. The first-order chi connectivity index (χ1) is 17.6. The van der Waals surface area contributed by atoms with Crippen LogP contribution in [0.25, 0.3) is 50.8 Å². The highest BCUT2D eigenvalue weighted by Gasteiger charge is 2.19. The minimum Gasteiger partial charge on any atom is -0.305 e. The molecule has 6 aromatic rings. The van der Waals surface area contributed by atoms with Crippen molar-refractivity contribution in [1.82, 2.24) is 19.5 Å². The van der Waals surface area contributed by atoms with Crippen molar-refractivity contribution in [3.05, 3.63) is 124 Å². The summed E-state index contributed by atoms with van der Waals surface area (Å²) in [5, 5.41) is 0.612. The van der Waals surface area contributed by atoms with Crippen molar-refractivity contribution < 1.29 is 4.39 Å². The van der Waals surface area contributed by atoms with Crippen LogP contribution < -0.4 is 5.56 Å². The van der Waals surface area contributed by atoms with Gasteiger partial charge in [-0.2, -0.15) is 0 Å². The molecule has 7 heteroatoms. The molecule has 0 fully saturated rings. The molecule has 0 bridgehead atoms. The molecule has 0 saturated heterocycles. The van der Waals surface area contributed by atoms with Gasteiger partial charge in [0.2, 0.25) is 0 Å². The first kappa shape index (κ1) is 21.9. The van der Waals surface area contributed by atoms with Crippen LogP contribution in [0.5, 0.6) is 0 Å². The molecule has 36 heavy (non-hydrogen) atoms. The van der Waals surface area contributed by atoms with Crippen LogP contribution in [0.3, 0.4) is 0 Å². The molecular weight excluding hydrogens is 475 g/mol. The number of hydrogen-bond donors (Lipinski definition) is 1. The summed E-state index contributed by atoms with van der Waals surface area (Å²) < 4.78 is 15.5. The van der Waals surface area contributed by atoms with Crippen molar-refractivity contribution >= 4 is 22.8 Å². The van der Waals surface area contributed by atoms with E-state index in [4.69, 9.17) is 16.6 Å². The predicted molar refractivity (Wildman–Crippen MR) is 141 cm³/mol. The standard InChI is InChI=1S/C29H18ClFN4O/c30-22-15-13-20(14-16-22)27-32-25-28(35(27)24-7-2-1-3-8-24)33-26(34-29(25)36)19-11-9-18(10-12-19)21-5-4-6-23(31)17-21/h1-17H,(H,33,34,36). The van der Waals surface area contributed by atoms with Crippen molar-refractivity contribution in [2.24, 2.45) is 0 Å². The van der Waals surface area contributed by atoms with Gasteiger partial charge in [-0.3, -0.25) is 9.36 Å². The average molecular weight is 493 g/mol. The first-order valence-corrected chi connectivity index (χ1v) is 11.7. The van der Waals surface area contributed by atoms with Gasteiger partial charge in [0.25, 0.3) is 5.56 Å². The highest BCUT2D eigenvalue weighted by Crippen LogP contribution is 2.29. The Morgan fingerprint density at radius 1 is 0.722 bits per heavy atom. The second kappa shape index (κ2) is 8.91. The van der Waals surface area contributed by atoms with Gasteiger partial charge in [-0.1, -0.05) is 66.2 Å². The fourth-order valence-electron chi connectivity index (χ4n) is 4.21. The van der Waals surface area contributed by atoms with Crippen LogP contribution in [0.15, 0.2) is 108 Å². The molecule has 0 amide bonds.